The van der Waals surface area contributed by atoms with Crippen molar-refractivity contribution in [2.45, 2.75) is 469 Å². The first-order valence-corrected chi connectivity index (χ1v) is 38.8. The minimum absolute atomic E-state index is 0.0232. The smallest absolute Gasteiger partial charge is 0.305 e. The van der Waals surface area contributed by atoms with Crippen molar-refractivity contribution < 1.29 is 24.5 Å². The molecule has 0 aliphatic heterocycles. The number of aliphatic hydroxyl groups excluding tert-OH is 2. The highest BCUT2D eigenvalue weighted by molar-refractivity contribution is 5.76. The predicted molar refractivity (Wildman–Crippen MR) is 366 cm³/mol. The van der Waals surface area contributed by atoms with Crippen molar-refractivity contribution in [3.63, 3.8) is 0 Å². The Morgan fingerprint density at radius 3 is 0.735 bits per heavy atom. The van der Waals surface area contributed by atoms with Gasteiger partial charge in [0.25, 0.3) is 0 Å². The van der Waals surface area contributed by atoms with E-state index in [4.69, 9.17) is 4.74 Å². The van der Waals surface area contributed by atoms with Crippen molar-refractivity contribution in [3.05, 3.63) is 0 Å². The average Bonchev–Trinajstić information content (AvgIpc) is 3.49. The Labute approximate surface area is 521 Å². The molecule has 0 heterocycles. The fraction of sp³-hybridized carbons (Fsp3) is 0.974. The number of rotatable bonds is 74. The van der Waals surface area contributed by atoms with Gasteiger partial charge in [0.2, 0.25) is 5.91 Å². The van der Waals surface area contributed by atoms with E-state index in [9.17, 15) is 19.8 Å². The molecule has 496 valence electrons. The van der Waals surface area contributed by atoms with Crippen LogP contribution in [0.25, 0.3) is 0 Å². The minimum atomic E-state index is -0.663. The maximum atomic E-state index is 12.6. The lowest BCUT2D eigenvalue weighted by molar-refractivity contribution is -0.143. The van der Waals surface area contributed by atoms with E-state index in [-0.39, 0.29) is 18.5 Å². The third-order valence-corrected chi connectivity index (χ3v) is 18.7. The number of amides is 1. The van der Waals surface area contributed by atoms with Crippen LogP contribution in [-0.4, -0.2) is 47.4 Å². The van der Waals surface area contributed by atoms with Gasteiger partial charge in [0.1, 0.15) is 0 Å². The van der Waals surface area contributed by atoms with Crippen LogP contribution in [0.2, 0.25) is 0 Å². The molecule has 0 saturated heterocycles. The second kappa shape index (κ2) is 73.3. The van der Waals surface area contributed by atoms with Crippen LogP contribution in [0.1, 0.15) is 457 Å². The first-order valence-electron chi connectivity index (χ1n) is 38.8. The van der Waals surface area contributed by atoms with E-state index in [1.165, 1.54) is 385 Å². The molecule has 0 rings (SSSR count). The van der Waals surface area contributed by atoms with E-state index >= 15 is 0 Å². The van der Waals surface area contributed by atoms with Gasteiger partial charge in [-0.2, -0.15) is 0 Å². The molecular weight excluding hydrogens is 1020 g/mol. The molecule has 6 nitrogen and oxygen atoms in total. The number of aliphatic hydroxyl groups is 2. The Bertz CT molecular complexity index is 1210. The second-order valence-corrected chi connectivity index (χ2v) is 27.1. The molecule has 2 unspecified atom stereocenters. The van der Waals surface area contributed by atoms with E-state index in [2.05, 4.69) is 19.2 Å². The largest absolute Gasteiger partial charge is 0.466 e. The highest BCUT2D eigenvalue weighted by Crippen LogP contribution is 2.20. The molecule has 0 bridgehead atoms. The standard InChI is InChI=1S/C77H153NO5/c1-3-5-7-9-11-13-15-17-19-21-22-23-29-32-35-38-41-45-49-53-57-61-65-69-75(80)74(73-79)78-76(81)70-66-62-58-54-50-46-42-39-36-33-30-27-25-24-26-28-31-34-37-40-44-48-52-56-60-64-68-72-83-77(82)71-67-63-59-55-51-47-43-20-18-16-14-12-10-8-6-4-2/h74-75,79-80H,3-73H2,1-2H3,(H,78,81). The van der Waals surface area contributed by atoms with Crippen molar-refractivity contribution >= 4 is 11.9 Å². The molecule has 3 N–H and O–H groups in total. The molecule has 0 aliphatic carbocycles. The molecule has 0 saturated carbocycles. The third-order valence-electron chi connectivity index (χ3n) is 18.7. The zero-order valence-corrected chi connectivity index (χ0v) is 57.0. The fourth-order valence-electron chi connectivity index (χ4n) is 12.8. The number of hydrogen-bond donors (Lipinski definition) is 3. The van der Waals surface area contributed by atoms with Crippen LogP contribution < -0.4 is 5.32 Å². The van der Waals surface area contributed by atoms with Crippen molar-refractivity contribution in [2.24, 2.45) is 0 Å². The van der Waals surface area contributed by atoms with E-state index < -0.39 is 12.1 Å². The van der Waals surface area contributed by atoms with E-state index in [0.717, 1.165) is 38.5 Å². The maximum Gasteiger partial charge on any atom is 0.305 e. The lowest BCUT2D eigenvalue weighted by Crippen LogP contribution is -2.45. The molecule has 0 fully saturated rings. The molecule has 1 amide bonds. The van der Waals surface area contributed by atoms with Crippen LogP contribution in [-0.2, 0) is 14.3 Å². The van der Waals surface area contributed by atoms with E-state index in [0.29, 0.717) is 25.9 Å². The van der Waals surface area contributed by atoms with Gasteiger partial charge in [-0.1, -0.05) is 418 Å². The van der Waals surface area contributed by atoms with Gasteiger partial charge in [0.15, 0.2) is 0 Å². The molecule has 0 aromatic carbocycles. The summed E-state index contributed by atoms with van der Waals surface area (Å²) in [5.41, 5.74) is 0. The molecule has 2 atom stereocenters. The zero-order chi connectivity index (χ0) is 59.9. The predicted octanol–water partition coefficient (Wildman–Crippen LogP) is 25.3. The zero-order valence-electron chi connectivity index (χ0n) is 57.0. The topological polar surface area (TPSA) is 95.9 Å². The van der Waals surface area contributed by atoms with Crippen LogP contribution in [0.15, 0.2) is 0 Å². The second-order valence-electron chi connectivity index (χ2n) is 27.1. The number of unbranched alkanes of at least 4 members (excludes halogenated alkanes) is 63. The first-order chi connectivity index (χ1) is 41.0. The lowest BCUT2D eigenvalue weighted by atomic mass is 10.0. The van der Waals surface area contributed by atoms with Crippen molar-refractivity contribution in [1.29, 1.82) is 0 Å². The Morgan fingerprint density at radius 1 is 0.289 bits per heavy atom. The van der Waals surface area contributed by atoms with Gasteiger partial charge in [0, 0.05) is 12.8 Å². The fourth-order valence-corrected chi connectivity index (χ4v) is 12.8. The van der Waals surface area contributed by atoms with Gasteiger partial charge in [-0.05, 0) is 25.7 Å². The van der Waals surface area contributed by atoms with Gasteiger partial charge in [-0.3, -0.25) is 9.59 Å². The summed E-state index contributed by atoms with van der Waals surface area (Å²) in [6.07, 6.45) is 90.4. The number of esters is 1. The Kier molecular flexibility index (Phi) is 72.3. The highest BCUT2D eigenvalue weighted by Gasteiger charge is 2.20. The molecule has 0 aromatic rings. The number of hydrogen-bond acceptors (Lipinski definition) is 5. The van der Waals surface area contributed by atoms with Gasteiger partial charge < -0.3 is 20.3 Å². The number of ether oxygens (including phenoxy) is 1. The summed E-state index contributed by atoms with van der Waals surface area (Å²) in [6.45, 7) is 5.02. The van der Waals surface area contributed by atoms with Gasteiger partial charge >= 0.3 is 5.97 Å². The van der Waals surface area contributed by atoms with Crippen LogP contribution in [0.4, 0.5) is 0 Å². The lowest BCUT2D eigenvalue weighted by Gasteiger charge is -2.22. The summed E-state index contributed by atoms with van der Waals surface area (Å²) in [5, 5.41) is 23.5. The molecule has 0 aromatic heterocycles. The molecular formula is C77H153NO5. The van der Waals surface area contributed by atoms with Crippen LogP contribution in [0.3, 0.4) is 0 Å². The highest BCUT2D eigenvalue weighted by atomic mass is 16.5. The normalized spacial score (nSPS) is 12.4. The molecule has 83 heavy (non-hydrogen) atoms. The monoisotopic (exact) mass is 1170 g/mol. The number of carbonyl (C=O) groups is 2. The Morgan fingerprint density at radius 2 is 0.494 bits per heavy atom. The molecule has 0 spiro atoms. The summed E-state index contributed by atoms with van der Waals surface area (Å²) in [4.78, 5) is 24.7. The van der Waals surface area contributed by atoms with Crippen LogP contribution >= 0.6 is 0 Å². The molecule has 0 aliphatic rings. The molecule has 6 heteroatoms. The van der Waals surface area contributed by atoms with Gasteiger partial charge in [-0.25, -0.2) is 0 Å². The quantitative estimate of drug-likeness (QED) is 0.0417. The summed E-state index contributed by atoms with van der Waals surface area (Å²) in [6, 6.07) is -0.540. The van der Waals surface area contributed by atoms with Crippen molar-refractivity contribution in [2.75, 3.05) is 13.2 Å². The van der Waals surface area contributed by atoms with E-state index in [1.54, 1.807) is 0 Å². The maximum absolute atomic E-state index is 12.6. The summed E-state index contributed by atoms with van der Waals surface area (Å²) in [5.74, 6) is -0.00265. The van der Waals surface area contributed by atoms with Crippen molar-refractivity contribution in [1.82, 2.24) is 5.32 Å². The summed E-state index contributed by atoms with van der Waals surface area (Å²) < 4.78 is 5.51. The van der Waals surface area contributed by atoms with Gasteiger partial charge in [0.05, 0.1) is 25.4 Å². The summed E-state index contributed by atoms with van der Waals surface area (Å²) in [7, 11) is 0. The van der Waals surface area contributed by atoms with Gasteiger partial charge in [-0.15, -0.1) is 0 Å². The minimum Gasteiger partial charge on any atom is -0.466 e. The third kappa shape index (κ3) is 69.8. The Hall–Kier alpha value is -1.14. The Balaban J connectivity index is 3.33. The van der Waals surface area contributed by atoms with Crippen molar-refractivity contribution in [3.8, 4) is 0 Å². The molecule has 0 radical (unpaired) electrons. The summed E-state index contributed by atoms with van der Waals surface area (Å²) >= 11 is 0. The average molecular weight is 1170 g/mol. The first kappa shape index (κ1) is 81.9. The van der Waals surface area contributed by atoms with E-state index in [1.807, 2.05) is 0 Å². The SMILES string of the molecule is CCCCCCCCCCCCCCCCCCCCCCCCCC(O)C(CO)NC(=O)CCCCCCCCCCCCCCCCCCCCCCCCCCCCCOC(=O)CCCCCCCCCCCCCCCCCC. The number of carbonyl (C=O) groups excluding carboxylic acids is 2. The van der Waals surface area contributed by atoms with Crippen LogP contribution in [0.5, 0.6) is 0 Å². The van der Waals surface area contributed by atoms with Crippen LogP contribution in [0, 0.1) is 0 Å². The number of nitrogens with one attached hydrogen (secondary N) is 1.